The fraction of sp³-hybridized carbons (Fsp3) is 1.00. The van der Waals surface area contributed by atoms with Crippen molar-refractivity contribution < 1.29 is 0 Å². The van der Waals surface area contributed by atoms with Crippen molar-refractivity contribution in [2.24, 2.45) is 0 Å². The molecule has 0 aromatic carbocycles. The maximum atomic E-state index is 2.46. The molecule has 0 bridgehead atoms. The third-order valence-corrected chi connectivity index (χ3v) is 4.33. The summed E-state index contributed by atoms with van der Waals surface area (Å²) in [5, 5.41) is 0. The van der Waals surface area contributed by atoms with Crippen LogP contribution in [0.3, 0.4) is 0 Å². The van der Waals surface area contributed by atoms with Gasteiger partial charge >= 0.3 is 0 Å². The molecule has 1 heteroatoms. The van der Waals surface area contributed by atoms with E-state index in [0.29, 0.717) is 0 Å². The Morgan fingerprint density at radius 2 is 0.947 bits per heavy atom. The topological polar surface area (TPSA) is 0 Å². The summed E-state index contributed by atoms with van der Waals surface area (Å²) in [6.07, 6.45) is 20.1. The summed E-state index contributed by atoms with van der Waals surface area (Å²) in [5.41, 5.74) is 0. The Balaban J connectivity index is 3.30. The summed E-state index contributed by atoms with van der Waals surface area (Å²) < 4.78 is 0. The molecule has 0 aliphatic carbocycles. The highest BCUT2D eigenvalue weighted by Crippen LogP contribution is 2.23. The molecule has 0 saturated heterocycles. The lowest BCUT2D eigenvalue weighted by Crippen LogP contribution is -2.00. The molecule has 19 heavy (non-hydrogen) atoms. The van der Waals surface area contributed by atoms with E-state index in [1.807, 2.05) is 0 Å². The van der Waals surface area contributed by atoms with Crippen LogP contribution in [0.25, 0.3) is 0 Å². The van der Waals surface area contributed by atoms with Crippen molar-refractivity contribution in [3.05, 3.63) is 0 Å². The van der Waals surface area contributed by atoms with Crippen molar-refractivity contribution in [3.63, 3.8) is 0 Å². The van der Waals surface area contributed by atoms with Gasteiger partial charge in [0.25, 0.3) is 0 Å². The van der Waals surface area contributed by atoms with Crippen molar-refractivity contribution in [1.29, 1.82) is 0 Å². The van der Waals surface area contributed by atoms with Gasteiger partial charge in [-0.15, -0.1) is 0 Å². The van der Waals surface area contributed by atoms with E-state index in [9.17, 15) is 0 Å². The zero-order chi connectivity index (χ0) is 14.2. The van der Waals surface area contributed by atoms with Crippen LogP contribution < -0.4 is 0 Å². The molecule has 0 atom stereocenters. The highest BCUT2D eigenvalue weighted by molar-refractivity contribution is 6.35. The molecule has 0 aliphatic rings. The second-order valence-corrected chi connectivity index (χ2v) is 6.21. The summed E-state index contributed by atoms with van der Waals surface area (Å²) >= 11 is 0. The van der Waals surface area contributed by atoms with E-state index in [1.165, 1.54) is 89.9 Å². The highest BCUT2D eigenvalue weighted by Gasteiger charge is 2.06. The Morgan fingerprint density at radius 3 is 1.32 bits per heavy atom. The van der Waals surface area contributed by atoms with E-state index >= 15 is 0 Å². The van der Waals surface area contributed by atoms with Crippen LogP contribution >= 0.6 is 0 Å². The first-order chi connectivity index (χ1) is 9.35. The average Bonchev–Trinajstić information content (AvgIpc) is 2.44. The monoisotopic (exact) mass is 265 g/mol. The molecule has 0 rings (SSSR count). The lowest BCUT2D eigenvalue weighted by Gasteiger charge is -2.14. The Bertz CT molecular complexity index is 140. The molecular formula is C18H38B. The Labute approximate surface area is 124 Å². The molecule has 0 fully saturated rings. The van der Waals surface area contributed by atoms with Gasteiger partial charge in [0.2, 0.25) is 0 Å². The van der Waals surface area contributed by atoms with E-state index in [2.05, 4.69) is 28.0 Å². The molecule has 0 nitrogen and oxygen atoms in total. The molecule has 0 heterocycles. The summed E-state index contributed by atoms with van der Waals surface area (Å²) in [5.74, 6) is 0.900. The largest absolute Gasteiger partial charge is 0.110 e. The molecule has 0 aliphatic heterocycles. The average molecular weight is 265 g/mol. The third-order valence-electron chi connectivity index (χ3n) is 4.33. The molecule has 1 radical (unpaired) electrons. The lowest BCUT2D eigenvalue weighted by atomic mass is 9.63. The Kier molecular flexibility index (Phi) is 16.2. The van der Waals surface area contributed by atoms with Crippen LogP contribution in [0.2, 0.25) is 12.6 Å². The molecule has 113 valence electrons. The van der Waals surface area contributed by atoms with E-state index < -0.39 is 0 Å². The van der Waals surface area contributed by atoms with Crippen LogP contribution in [0.4, 0.5) is 0 Å². The van der Waals surface area contributed by atoms with Gasteiger partial charge in [0, 0.05) is 0 Å². The SMILES string of the molecule is C[B]C(CCCCCCCC)CCCCCCCC. The summed E-state index contributed by atoms with van der Waals surface area (Å²) in [6.45, 7) is 6.85. The van der Waals surface area contributed by atoms with Crippen LogP contribution in [0.5, 0.6) is 0 Å². The van der Waals surface area contributed by atoms with Crippen LogP contribution in [-0.2, 0) is 0 Å². The van der Waals surface area contributed by atoms with Gasteiger partial charge in [-0.25, -0.2) is 0 Å². The molecule has 0 amide bonds. The van der Waals surface area contributed by atoms with Crippen molar-refractivity contribution in [1.82, 2.24) is 0 Å². The second-order valence-electron chi connectivity index (χ2n) is 6.21. The third kappa shape index (κ3) is 14.3. The van der Waals surface area contributed by atoms with Gasteiger partial charge < -0.3 is 0 Å². The van der Waals surface area contributed by atoms with Crippen LogP contribution in [0, 0.1) is 0 Å². The van der Waals surface area contributed by atoms with Gasteiger partial charge in [-0.05, 0) is 0 Å². The molecule has 0 spiro atoms. The van der Waals surface area contributed by atoms with Gasteiger partial charge in [0.1, 0.15) is 7.28 Å². The van der Waals surface area contributed by atoms with Crippen LogP contribution in [0.15, 0.2) is 0 Å². The number of rotatable bonds is 15. The van der Waals surface area contributed by atoms with Gasteiger partial charge in [-0.3, -0.25) is 0 Å². The lowest BCUT2D eigenvalue weighted by molar-refractivity contribution is 0.532. The predicted octanol–water partition coefficient (Wildman–Crippen LogP) is 7.03. The molecular weight excluding hydrogens is 227 g/mol. The Hall–Kier alpha value is 0.0649. The normalized spacial score (nSPS) is 11.2. The minimum Gasteiger partial charge on any atom is -0.0917 e. The van der Waals surface area contributed by atoms with Crippen LogP contribution in [-0.4, -0.2) is 7.28 Å². The van der Waals surface area contributed by atoms with Crippen molar-refractivity contribution in [3.8, 4) is 0 Å². The fourth-order valence-corrected chi connectivity index (χ4v) is 2.85. The summed E-state index contributed by atoms with van der Waals surface area (Å²) in [4.78, 5) is 0. The van der Waals surface area contributed by atoms with Gasteiger partial charge in [-0.1, -0.05) is 116 Å². The van der Waals surface area contributed by atoms with E-state index in [-0.39, 0.29) is 0 Å². The zero-order valence-corrected chi connectivity index (χ0v) is 14.1. The number of hydrogen-bond acceptors (Lipinski definition) is 0. The summed E-state index contributed by atoms with van der Waals surface area (Å²) in [6, 6.07) is 0. The predicted molar refractivity (Wildman–Crippen MR) is 91.4 cm³/mol. The smallest absolute Gasteiger partial charge is 0.0917 e. The van der Waals surface area contributed by atoms with Crippen LogP contribution in [0.1, 0.15) is 104 Å². The molecule has 0 aromatic rings. The van der Waals surface area contributed by atoms with Crippen molar-refractivity contribution in [2.75, 3.05) is 0 Å². The molecule has 0 aromatic heterocycles. The van der Waals surface area contributed by atoms with E-state index in [1.54, 1.807) is 0 Å². The first-order valence-corrected chi connectivity index (χ1v) is 9.14. The highest BCUT2D eigenvalue weighted by atomic mass is 14.0. The molecule has 0 unspecified atom stereocenters. The first-order valence-electron chi connectivity index (χ1n) is 9.14. The van der Waals surface area contributed by atoms with Crippen molar-refractivity contribution >= 4 is 7.28 Å². The zero-order valence-electron chi connectivity index (χ0n) is 14.1. The molecule has 0 N–H and O–H groups in total. The van der Waals surface area contributed by atoms with Gasteiger partial charge in [0.15, 0.2) is 0 Å². The quantitative estimate of drug-likeness (QED) is 0.220. The second kappa shape index (κ2) is 16.1. The maximum Gasteiger partial charge on any atom is 0.110 e. The summed E-state index contributed by atoms with van der Waals surface area (Å²) in [7, 11) is 2.46. The van der Waals surface area contributed by atoms with E-state index in [0.717, 1.165) is 5.82 Å². The molecule has 0 saturated carbocycles. The number of unbranched alkanes of at least 4 members (excludes halogenated alkanes) is 10. The van der Waals surface area contributed by atoms with Crippen molar-refractivity contribution in [2.45, 2.75) is 116 Å². The fourth-order valence-electron chi connectivity index (χ4n) is 2.85. The van der Waals surface area contributed by atoms with E-state index in [4.69, 9.17) is 0 Å². The Morgan fingerprint density at radius 1 is 0.579 bits per heavy atom. The maximum absolute atomic E-state index is 2.46. The standard InChI is InChI=1S/C18H38B/c1-4-6-8-10-12-14-16-18(19-3)17-15-13-11-9-7-5-2/h18H,4-17H2,1-3H3. The van der Waals surface area contributed by atoms with Gasteiger partial charge in [0.05, 0.1) is 0 Å². The minimum absolute atomic E-state index is 0.900. The number of hydrogen-bond donors (Lipinski definition) is 0. The first kappa shape index (κ1) is 19.1. The minimum atomic E-state index is 0.900. The van der Waals surface area contributed by atoms with Gasteiger partial charge in [-0.2, -0.15) is 0 Å².